The fourth-order valence-electron chi connectivity index (χ4n) is 7.11. The molecule has 1 saturated carbocycles. The van der Waals surface area contributed by atoms with Crippen LogP contribution in [0.1, 0.15) is 171 Å². The smallest absolute Gasteiger partial charge is 0.305 e. The molecule has 1 rings (SSSR count). The monoisotopic (exact) mass is 671 g/mol. The first-order valence-electron chi connectivity index (χ1n) is 18.8. The van der Waals surface area contributed by atoms with Crippen molar-refractivity contribution in [1.82, 2.24) is 0 Å². The fraction of sp³-hybridized carbons (Fsp3) is 0.738. The Labute approximate surface area is 293 Å². The second-order valence-electron chi connectivity index (χ2n) is 15.0. The van der Waals surface area contributed by atoms with Crippen LogP contribution in [0.25, 0.3) is 0 Å². The number of unbranched alkanes of at least 4 members (excludes halogenated alkanes) is 6. The van der Waals surface area contributed by atoms with E-state index in [1.807, 2.05) is 20.8 Å². The third-order valence-electron chi connectivity index (χ3n) is 10.6. The van der Waals surface area contributed by atoms with Gasteiger partial charge < -0.3 is 14.6 Å². The fourth-order valence-corrected chi connectivity index (χ4v) is 7.11. The lowest BCUT2D eigenvalue weighted by Crippen LogP contribution is -2.52. The number of esters is 2. The molecule has 4 unspecified atom stereocenters. The highest BCUT2D eigenvalue weighted by atomic mass is 16.5. The number of carbonyl (C=O) groups excluding carboxylic acids is 3. The number of aldehydes is 1. The van der Waals surface area contributed by atoms with E-state index >= 15 is 0 Å². The second kappa shape index (κ2) is 23.0. The summed E-state index contributed by atoms with van der Waals surface area (Å²) in [4.78, 5) is 36.3. The standard InChI is InChI=1S/C42H70O6/c1-10-11-12-13-14-15-16-24-40(45)47-30-19-23-38-37(35(6)31-43)27-29-42(9,46)41(38,8)28-18-22-34(5)39(48-36(7)44)26-25-33(4)21-17-20-32(2)3/h20,22,25,31,38-39,46H,10-19,21,23-24,26-30H2,1-9H3. The molecule has 0 aromatic heterocycles. The number of aliphatic hydroxyl groups is 1. The Hall–Kier alpha value is -2.47. The van der Waals surface area contributed by atoms with Crippen LogP contribution >= 0.6 is 0 Å². The van der Waals surface area contributed by atoms with Crippen LogP contribution in [-0.2, 0) is 23.9 Å². The Morgan fingerprint density at radius 2 is 1.56 bits per heavy atom. The summed E-state index contributed by atoms with van der Waals surface area (Å²) in [7, 11) is 0. The van der Waals surface area contributed by atoms with Gasteiger partial charge in [-0.2, -0.15) is 0 Å². The molecule has 0 aliphatic heterocycles. The third kappa shape index (κ3) is 15.8. The van der Waals surface area contributed by atoms with Crippen molar-refractivity contribution >= 4 is 18.2 Å². The summed E-state index contributed by atoms with van der Waals surface area (Å²) < 4.78 is 11.3. The van der Waals surface area contributed by atoms with Gasteiger partial charge in [0.1, 0.15) is 12.4 Å². The van der Waals surface area contributed by atoms with Gasteiger partial charge in [-0.3, -0.25) is 14.4 Å². The van der Waals surface area contributed by atoms with Gasteiger partial charge in [-0.15, -0.1) is 0 Å². The third-order valence-corrected chi connectivity index (χ3v) is 10.6. The zero-order valence-electron chi connectivity index (χ0n) is 32.2. The quantitative estimate of drug-likeness (QED) is 0.0382. The van der Waals surface area contributed by atoms with Crippen LogP contribution in [0.3, 0.4) is 0 Å². The lowest BCUT2D eigenvalue weighted by Gasteiger charge is -2.53. The van der Waals surface area contributed by atoms with Crippen molar-refractivity contribution in [3.8, 4) is 0 Å². The van der Waals surface area contributed by atoms with Crippen LogP contribution in [0.15, 0.2) is 46.1 Å². The maximum Gasteiger partial charge on any atom is 0.305 e. The minimum atomic E-state index is -0.930. The van der Waals surface area contributed by atoms with Crippen molar-refractivity contribution in [2.45, 2.75) is 183 Å². The summed E-state index contributed by atoms with van der Waals surface area (Å²) in [6.07, 6.45) is 22.5. The predicted molar refractivity (Wildman–Crippen MR) is 199 cm³/mol. The zero-order valence-corrected chi connectivity index (χ0v) is 32.2. The normalized spacial score (nSPS) is 23.3. The van der Waals surface area contributed by atoms with Gasteiger partial charge >= 0.3 is 11.9 Å². The number of allylic oxidation sites excluding steroid dienone is 6. The number of hydrogen-bond donors (Lipinski definition) is 1. The molecular formula is C42H70O6. The average Bonchev–Trinajstić information content (AvgIpc) is 3.02. The van der Waals surface area contributed by atoms with E-state index < -0.39 is 11.0 Å². The number of ether oxygens (including phenoxy) is 2. The molecule has 274 valence electrons. The van der Waals surface area contributed by atoms with Crippen LogP contribution in [0.5, 0.6) is 0 Å². The van der Waals surface area contributed by atoms with Gasteiger partial charge in [0.2, 0.25) is 0 Å². The van der Waals surface area contributed by atoms with Crippen molar-refractivity contribution in [2.24, 2.45) is 11.3 Å². The Balaban J connectivity index is 2.96. The molecule has 4 atom stereocenters. The largest absolute Gasteiger partial charge is 0.466 e. The first-order chi connectivity index (χ1) is 22.7. The summed E-state index contributed by atoms with van der Waals surface area (Å²) in [5.74, 6) is -0.451. The first-order valence-corrected chi connectivity index (χ1v) is 18.8. The van der Waals surface area contributed by atoms with Crippen molar-refractivity contribution in [1.29, 1.82) is 0 Å². The Kier molecular flexibility index (Phi) is 20.9. The van der Waals surface area contributed by atoms with Crippen molar-refractivity contribution in [3.63, 3.8) is 0 Å². The molecule has 48 heavy (non-hydrogen) atoms. The molecule has 1 N–H and O–H groups in total. The lowest BCUT2D eigenvalue weighted by molar-refractivity contribution is -0.145. The molecular weight excluding hydrogens is 600 g/mol. The Bertz CT molecular complexity index is 1120. The molecule has 6 heteroatoms. The summed E-state index contributed by atoms with van der Waals surface area (Å²) >= 11 is 0. The van der Waals surface area contributed by atoms with Crippen LogP contribution in [0.2, 0.25) is 0 Å². The van der Waals surface area contributed by atoms with E-state index in [0.717, 1.165) is 55.1 Å². The van der Waals surface area contributed by atoms with E-state index in [2.05, 4.69) is 52.8 Å². The highest BCUT2D eigenvalue weighted by molar-refractivity contribution is 5.74. The molecule has 0 amide bonds. The zero-order chi connectivity index (χ0) is 36.2. The summed E-state index contributed by atoms with van der Waals surface area (Å²) in [5.41, 5.74) is 4.02. The number of hydrogen-bond acceptors (Lipinski definition) is 6. The molecule has 1 fully saturated rings. The Morgan fingerprint density at radius 1 is 0.896 bits per heavy atom. The van der Waals surface area contributed by atoms with Crippen LogP contribution in [-0.4, -0.2) is 41.6 Å². The highest BCUT2D eigenvalue weighted by Gasteiger charge is 2.52. The predicted octanol–water partition coefficient (Wildman–Crippen LogP) is 10.9. The van der Waals surface area contributed by atoms with E-state index in [4.69, 9.17) is 9.47 Å². The highest BCUT2D eigenvalue weighted by Crippen LogP contribution is 2.55. The maximum absolute atomic E-state index is 12.4. The molecule has 0 aromatic carbocycles. The maximum atomic E-state index is 12.4. The van der Waals surface area contributed by atoms with E-state index in [0.29, 0.717) is 51.6 Å². The molecule has 1 aliphatic rings. The summed E-state index contributed by atoms with van der Waals surface area (Å²) in [5, 5.41) is 11.8. The average molecular weight is 671 g/mol. The van der Waals surface area contributed by atoms with Crippen molar-refractivity contribution in [2.75, 3.05) is 6.61 Å². The topological polar surface area (TPSA) is 89.9 Å². The number of rotatable bonds is 23. The van der Waals surface area contributed by atoms with Gasteiger partial charge in [0, 0.05) is 25.2 Å². The van der Waals surface area contributed by atoms with Gasteiger partial charge in [-0.1, -0.05) is 87.3 Å². The molecule has 0 bridgehead atoms. The molecule has 0 heterocycles. The van der Waals surface area contributed by atoms with Crippen molar-refractivity contribution < 1.29 is 29.0 Å². The molecule has 0 saturated heterocycles. The molecule has 0 aromatic rings. The SMILES string of the molecule is CCCCCCCCCC(=O)OCCCC1C(=C(C)C=O)CCC(C)(O)C1(C)CCC=C(C)C(CC=C(C)CCC=C(C)C)OC(C)=O. The van der Waals surface area contributed by atoms with E-state index in [1.165, 1.54) is 50.2 Å². The van der Waals surface area contributed by atoms with E-state index in [1.54, 1.807) is 0 Å². The first kappa shape index (κ1) is 43.6. The van der Waals surface area contributed by atoms with Gasteiger partial charge in [0.05, 0.1) is 12.2 Å². The molecule has 0 radical (unpaired) electrons. The Morgan fingerprint density at radius 3 is 2.19 bits per heavy atom. The molecule has 6 nitrogen and oxygen atoms in total. The van der Waals surface area contributed by atoms with Crippen LogP contribution in [0, 0.1) is 11.3 Å². The minimum Gasteiger partial charge on any atom is -0.466 e. The van der Waals surface area contributed by atoms with E-state index in [-0.39, 0.29) is 24.0 Å². The van der Waals surface area contributed by atoms with Crippen LogP contribution < -0.4 is 0 Å². The minimum absolute atomic E-state index is 0.0161. The summed E-state index contributed by atoms with van der Waals surface area (Å²) in [6, 6.07) is 0. The van der Waals surface area contributed by atoms with Gasteiger partial charge in [0.15, 0.2) is 0 Å². The second-order valence-corrected chi connectivity index (χ2v) is 15.0. The molecule has 1 aliphatic carbocycles. The van der Waals surface area contributed by atoms with Gasteiger partial charge in [-0.25, -0.2) is 0 Å². The van der Waals surface area contributed by atoms with E-state index in [9.17, 15) is 19.5 Å². The number of carbonyl (C=O) groups is 3. The van der Waals surface area contributed by atoms with Gasteiger partial charge in [0.25, 0.3) is 0 Å². The van der Waals surface area contributed by atoms with Gasteiger partial charge in [-0.05, 0) is 116 Å². The molecule has 0 spiro atoms. The van der Waals surface area contributed by atoms with Crippen LogP contribution in [0.4, 0.5) is 0 Å². The van der Waals surface area contributed by atoms with Crippen molar-refractivity contribution in [3.05, 3.63) is 46.1 Å². The lowest BCUT2D eigenvalue weighted by atomic mass is 9.54. The summed E-state index contributed by atoms with van der Waals surface area (Å²) in [6.45, 7) is 18.3.